The van der Waals surface area contributed by atoms with Gasteiger partial charge in [-0.05, 0) is 37.8 Å². The summed E-state index contributed by atoms with van der Waals surface area (Å²) in [6.45, 7) is 1.58. The van der Waals surface area contributed by atoms with Crippen molar-refractivity contribution in [2.45, 2.75) is 51.6 Å². The Morgan fingerprint density at radius 1 is 1.38 bits per heavy atom. The second-order valence-corrected chi connectivity index (χ2v) is 3.77. The van der Waals surface area contributed by atoms with Crippen LogP contribution in [0.4, 0.5) is 0 Å². The fourth-order valence-electron chi connectivity index (χ4n) is 1.71. The summed E-state index contributed by atoms with van der Waals surface area (Å²) in [7, 11) is 0. The van der Waals surface area contributed by atoms with Gasteiger partial charge < -0.3 is 5.11 Å². The van der Waals surface area contributed by atoms with Crippen molar-refractivity contribution in [1.29, 1.82) is 0 Å². The number of allylic oxidation sites excluding steroid dienone is 1. The van der Waals surface area contributed by atoms with Crippen LogP contribution in [0, 0.1) is 0 Å². The van der Waals surface area contributed by atoms with Gasteiger partial charge in [0.05, 0.1) is 6.10 Å². The summed E-state index contributed by atoms with van der Waals surface area (Å²) in [6.07, 6.45) is 7.49. The minimum Gasteiger partial charge on any atom is -0.389 e. The van der Waals surface area contributed by atoms with Crippen LogP contribution < -0.4 is 0 Å². The molecule has 0 saturated carbocycles. The van der Waals surface area contributed by atoms with E-state index in [-0.39, 0.29) is 5.78 Å². The molecule has 74 valence electrons. The fourth-order valence-corrected chi connectivity index (χ4v) is 1.71. The van der Waals surface area contributed by atoms with E-state index >= 15 is 0 Å². The lowest BCUT2D eigenvalue weighted by atomic mass is 10.0. The number of aliphatic hydroxyl groups excluding tert-OH is 1. The van der Waals surface area contributed by atoms with E-state index in [1.54, 1.807) is 13.0 Å². The molecular weight excluding hydrogens is 164 g/mol. The molecule has 1 rings (SSSR count). The zero-order chi connectivity index (χ0) is 9.68. The van der Waals surface area contributed by atoms with E-state index in [4.69, 9.17) is 0 Å². The molecule has 0 spiro atoms. The second kappa shape index (κ2) is 5.18. The number of ketones is 1. The molecule has 0 aromatic rings. The van der Waals surface area contributed by atoms with E-state index in [1.807, 2.05) is 0 Å². The molecule has 0 bridgehead atoms. The van der Waals surface area contributed by atoms with Crippen LogP contribution in [0.2, 0.25) is 0 Å². The molecular formula is C11H18O2. The van der Waals surface area contributed by atoms with Crippen LogP contribution >= 0.6 is 0 Å². The van der Waals surface area contributed by atoms with Crippen LogP contribution in [0.25, 0.3) is 0 Å². The lowest BCUT2D eigenvalue weighted by Crippen LogP contribution is -2.05. The van der Waals surface area contributed by atoms with E-state index in [1.165, 1.54) is 12.8 Å². The molecule has 1 atom stereocenters. The molecule has 0 fully saturated rings. The Balaban J connectivity index is 2.63. The maximum absolute atomic E-state index is 11.1. The molecule has 1 unspecified atom stereocenters. The Bertz CT molecular complexity index is 206. The Hall–Kier alpha value is -0.630. The molecule has 0 amide bonds. The molecule has 1 N–H and O–H groups in total. The van der Waals surface area contributed by atoms with Gasteiger partial charge in [-0.25, -0.2) is 0 Å². The predicted molar refractivity (Wildman–Crippen MR) is 52.5 cm³/mol. The molecule has 0 aliphatic heterocycles. The Morgan fingerprint density at radius 3 is 2.77 bits per heavy atom. The monoisotopic (exact) mass is 182 g/mol. The summed E-state index contributed by atoms with van der Waals surface area (Å²) in [5.41, 5.74) is 0.814. The Labute approximate surface area is 79.6 Å². The van der Waals surface area contributed by atoms with Crippen LogP contribution in [0.5, 0.6) is 0 Å². The van der Waals surface area contributed by atoms with E-state index in [0.717, 1.165) is 31.3 Å². The minimum atomic E-state index is -0.406. The summed E-state index contributed by atoms with van der Waals surface area (Å²) < 4.78 is 0. The maximum atomic E-state index is 11.1. The van der Waals surface area contributed by atoms with Crippen molar-refractivity contribution >= 4 is 5.78 Å². The maximum Gasteiger partial charge on any atom is 0.155 e. The zero-order valence-electron chi connectivity index (χ0n) is 8.25. The number of carbonyl (C=O) groups excluding carboxylic acids is 1. The first kappa shape index (κ1) is 10.5. The molecule has 2 heteroatoms. The highest BCUT2D eigenvalue weighted by atomic mass is 16.3. The lowest BCUT2D eigenvalue weighted by molar-refractivity contribution is -0.113. The number of Topliss-reactive ketones (excluding diaryl/α,β-unsaturated/α-hetero) is 1. The summed E-state index contributed by atoms with van der Waals surface area (Å²) in [6, 6.07) is 0. The molecule has 13 heavy (non-hydrogen) atoms. The molecule has 1 aliphatic rings. The summed E-state index contributed by atoms with van der Waals surface area (Å²) >= 11 is 0. The first-order valence-corrected chi connectivity index (χ1v) is 5.10. The van der Waals surface area contributed by atoms with Gasteiger partial charge in [-0.3, -0.25) is 4.79 Å². The predicted octanol–water partition coefficient (Wildman–Crippen LogP) is 2.22. The average Bonchev–Trinajstić information content (AvgIpc) is 2.16. The summed E-state index contributed by atoms with van der Waals surface area (Å²) in [5.74, 6) is 0.112. The van der Waals surface area contributed by atoms with Crippen LogP contribution in [-0.2, 0) is 4.79 Å². The number of hydrogen-bond donors (Lipinski definition) is 1. The van der Waals surface area contributed by atoms with Crippen molar-refractivity contribution in [3.05, 3.63) is 11.6 Å². The SMILES string of the molecule is CC(=O)C1=CC(O)CCCCCC1. The van der Waals surface area contributed by atoms with Gasteiger partial charge in [0, 0.05) is 0 Å². The summed E-state index contributed by atoms with van der Waals surface area (Å²) in [5, 5.41) is 9.53. The summed E-state index contributed by atoms with van der Waals surface area (Å²) in [4.78, 5) is 11.1. The van der Waals surface area contributed by atoms with Gasteiger partial charge >= 0.3 is 0 Å². The highest BCUT2D eigenvalue weighted by Crippen LogP contribution is 2.17. The van der Waals surface area contributed by atoms with Gasteiger partial charge in [0.25, 0.3) is 0 Å². The number of hydrogen-bond acceptors (Lipinski definition) is 2. The standard InChI is InChI=1S/C11H18O2/c1-9(12)10-6-4-2-3-5-7-11(13)8-10/h8,11,13H,2-7H2,1H3. The quantitative estimate of drug-likeness (QED) is 0.675. The minimum absolute atomic E-state index is 0.112. The first-order chi connectivity index (χ1) is 6.20. The Morgan fingerprint density at radius 2 is 2.08 bits per heavy atom. The van der Waals surface area contributed by atoms with Gasteiger partial charge in [0.2, 0.25) is 0 Å². The van der Waals surface area contributed by atoms with Crippen LogP contribution in [0.3, 0.4) is 0 Å². The van der Waals surface area contributed by atoms with Crippen LogP contribution in [0.15, 0.2) is 11.6 Å². The fraction of sp³-hybridized carbons (Fsp3) is 0.727. The van der Waals surface area contributed by atoms with Crippen LogP contribution in [-0.4, -0.2) is 17.0 Å². The molecule has 0 saturated heterocycles. The van der Waals surface area contributed by atoms with Crippen molar-refractivity contribution in [1.82, 2.24) is 0 Å². The molecule has 1 aliphatic carbocycles. The highest BCUT2D eigenvalue weighted by Gasteiger charge is 2.09. The van der Waals surface area contributed by atoms with Gasteiger partial charge in [-0.15, -0.1) is 0 Å². The number of carbonyl (C=O) groups is 1. The van der Waals surface area contributed by atoms with E-state index in [2.05, 4.69) is 0 Å². The van der Waals surface area contributed by atoms with Crippen molar-refractivity contribution in [3.63, 3.8) is 0 Å². The smallest absolute Gasteiger partial charge is 0.155 e. The van der Waals surface area contributed by atoms with Gasteiger partial charge in [-0.1, -0.05) is 19.3 Å². The topological polar surface area (TPSA) is 37.3 Å². The lowest BCUT2D eigenvalue weighted by Gasteiger charge is -2.05. The van der Waals surface area contributed by atoms with Gasteiger partial charge in [0.1, 0.15) is 0 Å². The van der Waals surface area contributed by atoms with E-state index < -0.39 is 6.10 Å². The molecule has 0 radical (unpaired) electrons. The van der Waals surface area contributed by atoms with E-state index in [0.29, 0.717) is 0 Å². The molecule has 0 aromatic carbocycles. The van der Waals surface area contributed by atoms with Gasteiger partial charge in [0.15, 0.2) is 5.78 Å². The number of aliphatic hydroxyl groups is 1. The van der Waals surface area contributed by atoms with Gasteiger partial charge in [-0.2, -0.15) is 0 Å². The van der Waals surface area contributed by atoms with Crippen molar-refractivity contribution in [2.75, 3.05) is 0 Å². The third-order valence-electron chi connectivity index (χ3n) is 2.54. The zero-order valence-corrected chi connectivity index (χ0v) is 8.25. The van der Waals surface area contributed by atoms with Crippen molar-refractivity contribution in [2.24, 2.45) is 0 Å². The van der Waals surface area contributed by atoms with Crippen molar-refractivity contribution < 1.29 is 9.90 Å². The third kappa shape index (κ3) is 3.73. The largest absolute Gasteiger partial charge is 0.389 e. The van der Waals surface area contributed by atoms with Crippen LogP contribution in [0.1, 0.15) is 45.4 Å². The number of rotatable bonds is 1. The van der Waals surface area contributed by atoms with E-state index in [9.17, 15) is 9.90 Å². The highest BCUT2D eigenvalue weighted by molar-refractivity contribution is 5.93. The normalized spacial score (nSPS) is 25.4. The first-order valence-electron chi connectivity index (χ1n) is 5.10. The Kier molecular flexibility index (Phi) is 4.16. The third-order valence-corrected chi connectivity index (χ3v) is 2.54. The second-order valence-electron chi connectivity index (χ2n) is 3.77. The average molecular weight is 182 g/mol. The molecule has 0 heterocycles. The van der Waals surface area contributed by atoms with Crippen molar-refractivity contribution in [3.8, 4) is 0 Å². The molecule has 0 aromatic heterocycles. The molecule has 2 nitrogen and oxygen atoms in total.